The van der Waals surface area contributed by atoms with Gasteiger partial charge in [0.2, 0.25) is 0 Å². The lowest BCUT2D eigenvalue weighted by atomic mass is 9.83. The van der Waals surface area contributed by atoms with Crippen molar-refractivity contribution in [2.24, 2.45) is 5.10 Å². The van der Waals surface area contributed by atoms with Gasteiger partial charge < -0.3 is 5.11 Å². The number of aliphatic hydroxyl groups is 1. The predicted molar refractivity (Wildman–Crippen MR) is 112 cm³/mol. The number of hydrogen-bond donors (Lipinski definition) is 2. The van der Waals surface area contributed by atoms with Gasteiger partial charge in [0, 0.05) is 6.07 Å². The molecule has 0 atom stereocenters. The van der Waals surface area contributed by atoms with Crippen LogP contribution in [0, 0.1) is 20.2 Å². The molecule has 0 saturated carbocycles. The Morgan fingerprint density at radius 1 is 0.900 bits per heavy atom. The molecular weight excluding hydrogens is 388 g/mol. The molecule has 3 aromatic carbocycles. The second-order valence-corrected chi connectivity index (χ2v) is 6.47. The molecule has 0 aliphatic heterocycles. The number of hydrazone groups is 1. The van der Waals surface area contributed by atoms with Gasteiger partial charge in [0.25, 0.3) is 5.69 Å². The predicted octanol–water partition coefficient (Wildman–Crippen LogP) is 4.23. The number of anilines is 1. The number of nitro benzene ring substituents is 2. The second kappa shape index (κ2) is 8.50. The average molecular weight is 406 g/mol. The van der Waals surface area contributed by atoms with E-state index < -0.39 is 26.8 Å². The number of rotatable bonds is 7. The van der Waals surface area contributed by atoms with Crippen molar-refractivity contribution in [3.05, 3.63) is 110 Å². The zero-order valence-electron chi connectivity index (χ0n) is 15.9. The molecule has 9 heteroatoms. The molecule has 30 heavy (non-hydrogen) atoms. The highest BCUT2D eigenvalue weighted by Crippen LogP contribution is 2.33. The van der Waals surface area contributed by atoms with Crippen molar-refractivity contribution in [3.63, 3.8) is 0 Å². The SMILES string of the molecule is C/C(=N\Nc1ccc([N+](=O)[O-])cc1[N+](=O)[O-])C(O)(c1ccccc1)c1ccccc1. The van der Waals surface area contributed by atoms with E-state index in [-0.39, 0.29) is 11.4 Å². The molecule has 9 nitrogen and oxygen atoms in total. The van der Waals surface area contributed by atoms with Crippen molar-refractivity contribution in [1.82, 2.24) is 0 Å². The fraction of sp³-hybridized carbons (Fsp3) is 0.0952. The summed E-state index contributed by atoms with van der Waals surface area (Å²) < 4.78 is 0. The van der Waals surface area contributed by atoms with E-state index in [4.69, 9.17) is 0 Å². The van der Waals surface area contributed by atoms with Gasteiger partial charge in [-0.05, 0) is 24.1 Å². The Morgan fingerprint density at radius 3 is 1.90 bits per heavy atom. The van der Waals surface area contributed by atoms with Gasteiger partial charge in [-0.25, -0.2) is 0 Å². The standard InChI is InChI=1S/C21H18N4O5/c1-15(22-23-19-13-12-18(24(27)28)14-20(19)25(29)30)21(26,16-8-4-2-5-9-16)17-10-6-3-7-11-17/h2-14,23,26H,1H3/b22-15+. The Labute approximate surface area is 171 Å². The highest BCUT2D eigenvalue weighted by Gasteiger charge is 2.35. The molecule has 152 valence electrons. The Kier molecular flexibility index (Phi) is 5.84. The van der Waals surface area contributed by atoms with Crippen molar-refractivity contribution in [3.8, 4) is 0 Å². The van der Waals surface area contributed by atoms with Crippen LogP contribution in [0.4, 0.5) is 17.1 Å². The van der Waals surface area contributed by atoms with Crippen LogP contribution in [-0.4, -0.2) is 20.7 Å². The molecule has 0 radical (unpaired) electrons. The van der Waals surface area contributed by atoms with E-state index in [2.05, 4.69) is 10.5 Å². The topological polar surface area (TPSA) is 131 Å². The summed E-state index contributed by atoms with van der Waals surface area (Å²) in [6, 6.07) is 21.0. The van der Waals surface area contributed by atoms with Gasteiger partial charge in [-0.2, -0.15) is 5.10 Å². The van der Waals surface area contributed by atoms with Crippen LogP contribution in [-0.2, 0) is 5.60 Å². The zero-order valence-corrected chi connectivity index (χ0v) is 15.9. The Hall–Kier alpha value is -4.11. The maximum absolute atomic E-state index is 11.6. The van der Waals surface area contributed by atoms with Crippen molar-refractivity contribution in [2.45, 2.75) is 12.5 Å². The number of nitrogens with zero attached hydrogens (tertiary/aromatic N) is 3. The maximum atomic E-state index is 11.6. The molecule has 0 heterocycles. The third kappa shape index (κ3) is 4.01. The van der Waals surface area contributed by atoms with Crippen LogP contribution >= 0.6 is 0 Å². The summed E-state index contributed by atoms with van der Waals surface area (Å²) >= 11 is 0. The highest BCUT2D eigenvalue weighted by molar-refractivity contribution is 5.95. The first kappa shape index (κ1) is 20.6. The van der Waals surface area contributed by atoms with Crippen molar-refractivity contribution < 1.29 is 15.0 Å². The summed E-state index contributed by atoms with van der Waals surface area (Å²) in [6.07, 6.45) is 0. The summed E-state index contributed by atoms with van der Waals surface area (Å²) in [4.78, 5) is 20.8. The Balaban J connectivity index is 2.04. The summed E-state index contributed by atoms with van der Waals surface area (Å²) in [5.74, 6) is 0. The summed E-state index contributed by atoms with van der Waals surface area (Å²) in [5, 5.41) is 38.0. The minimum atomic E-state index is -1.59. The Morgan fingerprint density at radius 2 is 1.43 bits per heavy atom. The van der Waals surface area contributed by atoms with Crippen LogP contribution in [0.15, 0.2) is 84.0 Å². The molecule has 3 rings (SSSR count). The van der Waals surface area contributed by atoms with Gasteiger partial charge in [-0.15, -0.1) is 0 Å². The number of nitrogens with one attached hydrogen (secondary N) is 1. The molecule has 0 aliphatic carbocycles. The minimum absolute atomic E-state index is 0.0339. The fourth-order valence-electron chi connectivity index (χ4n) is 3.05. The molecule has 0 unspecified atom stereocenters. The number of benzene rings is 3. The monoisotopic (exact) mass is 406 g/mol. The first-order valence-electron chi connectivity index (χ1n) is 8.91. The summed E-state index contributed by atoms with van der Waals surface area (Å²) in [6.45, 7) is 1.59. The lowest BCUT2D eigenvalue weighted by Gasteiger charge is -2.29. The molecule has 0 aliphatic rings. The van der Waals surface area contributed by atoms with E-state index >= 15 is 0 Å². The van der Waals surface area contributed by atoms with E-state index in [1.54, 1.807) is 55.5 Å². The lowest BCUT2D eigenvalue weighted by Crippen LogP contribution is -2.36. The molecule has 0 saturated heterocycles. The first-order chi connectivity index (χ1) is 14.3. The number of hydrogen-bond acceptors (Lipinski definition) is 7. The molecule has 0 spiro atoms. The third-order valence-electron chi connectivity index (χ3n) is 4.64. The molecule has 0 amide bonds. The molecular formula is C21H18N4O5. The van der Waals surface area contributed by atoms with E-state index in [0.29, 0.717) is 11.1 Å². The second-order valence-electron chi connectivity index (χ2n) is 6.47. The molecule has 0 aromatic heterocycles. The smallest absolute Gasteiger partial charge is 0.301 e. The maximum Gasteiger partial charge on any atom is 0.301 e. The van der Waals surface area contributed by atoms with Gasteiger partial charge in [0.15, 0.2) is 5.60 Å². The lowest BCUT2D eigenvalue weighted by molar-refractivity contribution is -0.393. The van der Waals surface area contributed by atoms with Crippen molar-refractivity contribution >= 4 is 22.8 Å². The van der Waals surface area contributed by atoms with Gasteiger partial charge in [-0.3, -0.25) is 25.7 Å². The molecule has 3 aromatic rings. The number of nitro groups is 2. The molecule has 2 N–H and O–H groups in total. The van der Waals surface area contributed by atoms with Gasteiger partial charge in [0.1, 0.15) is 5.69 Å². The van der Waals surface area contributed by atoms with Crippen LogP contribution in [0.2, 0.25) is 0 Å². The summed E-state index contributed by atoms with van der Waals surface area (Å²) in [5.41, 5.74) is 1.41. The van der Waals surface area contributed by atoms with Crippen LogP contribution in [0.25, 0.3) is 0 Å². The van der Waals surface area contributed by atoms with E-state index in [1.807, 2.05) is 12.1 Å². The van der Waals surface area contributed by atoms with E-state index in [1.165, 1.54) is 6.07 Å². The van der Waals surface area contributed by atoms with Gasteiger partial charge in [-0.1, -0.05) is 60.7 Å². The zero-order chi connectivity index (χ0) is 21.7. The van der Waals surface area contributed by atoms with Crippen LogP contribution in [0.5, 0.6) is 0 Å². The first-order valence-corrected chi connectivity index (χ1v) is 8.91. The third-order valence-corrected chi connectivity index (χ3v) is 4.64. The number of non-ortho nitro benzene ring substituents is 1. The van der Waals surface area contributed by atoms with Crippen molar-refractivity contribution in [1.29, 1.82) is 0 Å². The molecule has 0 bridgehead atoms. The van der Waals surface area contributed by atoms with E-state index in [9.17, 15) is 25.3 Å². The highest BCUT2D eigenvalue weighted by atomic mass is 16.6. The van der Waals surface area contributed by atoms with Crippen molar-refractivity contribution in [2.75, 3.05) is 5.43 Å². The largest absolute Gasteiger partial charge is 0.375 e. The van der Waals surface area contributed by atoms with E-state index in [0.717, 1.165) is 12.1 Å². The fourth-order valence-corrected chi connectivity index (χ4v) is 3.05. The molecule has 0 fully saturated rings. The van der Waals surface area contributed by atoms with Crippen LogP contribution in [0.1, 0.15) is 18.1 Å². The van der Waals surface area contributed by atoms with Gasteiger partial charge in [0.05, 0.1) is 21.6 Å². The van der Waals surface area contributed by atoms with Crippen LogP contribution < -0.4 is 5.43 Å². The normalized spacial score (nSPS) is 11.7. The minimum Gasteiger partial charge on any atom is -0.375 e. The Bertz CT molecular complexity index is 1060. The quantitative estimate of drug-likeness (QED) is 0.343. The van der Waals surface area contributed by atoms with Gasteiger partial charge >= 0.3 is 5.69 Å². The average Bonchev–Trinajstić information content (AvgIpc) is 2.77. The summed E-state index contributed by atoms with van der Waals surface area (Å²) in [7, 11) is 0. The van der Waals surface area contributed by atoms with Crippen LogP contribution in [0.3, 0.4) is 0 Å².